The maximum Gasteiger partial charge on any atom is 0.310 e. The largest absolute Gasteiger partial charge is 0.481 e. The number of benzene rings is 1. The predicted molar refractivity (Wildman–Crippen MR) is 63.1 cm³/mol. The third-order valence-electron chi connectivity index (χ3n) is 2.93. The van der Waals surface area contributed by atoms with Crippen molar-refractivity contribution in [3.8, 4) is 0 Å². The molecule has 1 aliphatic rings. The van der Waals surface area contributed by atoms with Crippen molar-refractivity contribution in [1.82, 2.24) is 0 Å². The summed E-state index contributed by atoms with van der Waals surface area (Å²) < 4.78 is 23.9. The lowest BCUT2D eigenvalue weighted by Gasteiger charge is -2.09. The van der Waals surface area contributed by atoms with Crippen molar-refractivity contribution < 1.29 is 18.3 Å². The number of fused-ring (bicyclic) bond motifs is 1. The highest BCUT2D eigenvalue weighted by atomic mass is 32.2. The summed E-state index contributed by atoms with van der Waals surface area (Å²) in [6.07, 6.45) is 0. The van der Waals surface area contributed by atoms with E-state index in [2.05, 4.69) is 0 Å². The van der Waals surface area contributed by atoms with Crippen molar-refractivity contribution >= 4 is 21.4 Å². The Balaban J connectivity index is 2.71. The number of aliphatic carboxylic acids is 1. The summed E-state index contributed by atoms with van der Waals surface area (Å²) >= 11 is 0. The third kappa shape index (κ3) is 1.76. The molecule has 1 aromatic carbocycles. The predicted octanol–water partition coefficient (Wildman–Crippen LogP) is 1.84. The molecular formula is C12H12O4S. The molecule has 5 heteroatoms. The van der Waals surface area contributed by atoms with Gasteiger partial charge in [-0.05, 0) is 30.5 Å². The number of sulfone groups is 1. The van der Waals surface area contributed by atoms with Gasteiger partial charge < -0.3 is 5.11 Å². The summed E-state index contributed by atoms with van der Waals surface area (Å²) in [6, 6.07) is 5.09. The van der Waals surface area contributed by atoms with Crippen LogP contribution < -0.4 is 0 Å². The SMILES string of the molecule is Cc1cccc2c1S(=O)(=O)C=C2C(C)C(=O)O. The maximum atomic E-state index is 11.9. The Morgan fingerprint density at radius 2 is 2.00 bits per heavy atom. The number of aryl methyl sites for hydroxylation is 1. The van der Waals surface area contributed by atoms with E-state index in [-0.39, 0.29) is 4.90 Å². The standard InChI is InChI=1S/C12H12O4S/c1-7-4-3-5-9-10(8(2)12(13)14)6-17(15,16)11(7)9/h3-6,8H,1-2H3,(H,13,14). The number of carbonyl (C=O) groups is 1. The van der Waals surface area contributed by atoms with Crippen molar-refractivity contribution in [2.24, 2.45) is 5.92 Å². The zero-order valence-electron chi connectivity index (χ0n) is 9.47. The molecule has 1 aromatic rings. The van der Waals surface area contributed by atoms with Gasteiger partial charge in [0.25, 0.3) is 0 Å². The van der Waals surface area contributed by atoms with Crippen molar-refractivity contribution in [2.45, 2.75) is 18.7 Å². The zero-order valence-corrected chi connectivity index (χ0v) is 10.3. The maximum absolute atomic E-state index is 11.9. The molecule has 0 saturated heterocycles. The van der Waals surface area contributed by atoms with E-state index in [0.717, 1.165) is 5.41 Å². The van der Waals surface area contributed by atoms with Crippen LogP contribution in [0.2, 0.25) is 0 Å². The Labute approximate surface area is 99.5 Å². The molecule has 1 atom stereocenters. The Bertz CT molecular complexity index is 626. The zero-order chi connectivity index (χ0) is 12.8. The molecule has 1 unspecified atom stereocenters. The first-order valence-electron chi connectivity index (χ1n) is 5.14. The van der Waals surface area contributed by atoms with Gasteiger partial charge in [0.05, 0.1) is 10.8 Å². The first-order valence-corrected chi connectivity index (χ1v) is 6.68. The molecule has 90 valence electrons. The highest BCUT2D eigenvalue weighted by Gasteiger charge is 2.33. The van der Waals surface area contributed by atoms with Crippen LogP contribution in [-0.2, 0) is 14.6 Å². The molecular weight excluding hydrogens is 240 g/mol. The fourth-order valence-electron chi connectivity index (χ4n) is 2.02. The van der Waals surface area contributed by atoms with Crippen LogP contribution in [0.15, 0.2) is 28.5 Å². The molecule has 0 spiro atoms. The number of hydrogen-bond donors (Lipinski definition) is 1. The van der Waals surface area contributed by atoms with Gasteiger partial charge in [0.15, 0.2) is 0 Å². The number of hydrogen-bond acceptors (Lipinski definition) is 3. The summed E-state index contributed by atoms with van der Waals surface area (Å²) in [7, 11) is -3.49. The fourth-order valence-corrected chi connectivity index (χ4v) is 3.81. The van der Waals surface area contributed by atoms with Crippen molar-refractivity contribution in [3.05, 3.63) is 34.7 Å². The molecule has 0 fully saturated rings. The minimum atomic E-state index is -3.49. The average molecular weight is 252 g/mol. The van der Waals surface area contributed by atoms with E-state index in [0.29, 0.717) is 16.7 Å². The minimum Gasteiger partial charge on any atom is -0.481 e. The van der Waals surface area contributed by atoms with E-state index in [1.54, 1.807) is 25.1 Å². The van der Waals surface area contributed by atoms with E-state index in [1.165, 1.54) is 6.92 Å². The Morgan fingerprint density at radius 3 is 2.59 bits per heavy atom. The minimum absolute atomic E-state index is 0.239. The van der Waals surface area contributed by atoms with Gasteiger partial charge in [0, 0.05) is 5.41 Å². The third-order valence-corrected chi connectivity index (χ3v) is 4.60. The van der Waals surface area contributed by atoms with Crippen LogP contribution >= 0.6 is 0 Å². The molecule has 0 radical (unpaired) electrons. The van der Waals surface area contributed by atoms with Gasteiger partial charge in [-0.1, -0.05) is 18.2 Å². The lowest BCUT2D eigenvalue weighted by atomic mass is 9.95. The van der Waals surface area contributed by atoms with Crippen LogP contribution in [0.3, 0.4) is 0 Å². The fraction of sp³-hybridized carbons (Fsp3) is 0.250. The highest BCUT2D eigenvalue weighted by molar-refractivity contribution is 7.95. The van der Waals surface area contributed by atoms with E-state index in [1.807, 2.05) is 0 Å². The van der Waals surface area contributed by atoms with Gasteiger partial charge in [0.2, 0.25) is 9.84 Å². The van der Waals surface area contributed by atoms with Crippen LogP contribution in [0.1, 0.15) is 18.1 Å². The molecule has 0 saturated carbocycles. The summed E-state index contributed by atoms with van der Waals surface area (Å²) in [6.45, 7) is 3.19. The van der Waals surface area contributed by atoms with Crippen molar-refractivity contribution in [2.75, 3.05) is 0 Å². The topological polar surface area (TPSA) is 71.4 Å². The van der Waals surface area contributed by atoms with Gasteiger partial charge in [-0.3, -0.25) is 4.79 Å². The monoisotopic (exact) mass is 252 g/mol. The second-order valence-corrected chi connectivity index (χ2v) is 5.86. The van der Waals surface area contributed by atoms with Gasteiger partial charge >= 0.3 is 5.97 Å². The van der Waals surface area contributed by atoms with E-state index in [4.69, 9.17) is 5.11 Å². The number of rotatable bonds is 2. The molecule has 0 aromatic heterocycles. The van der Waals surface area contributed by atoms with Crippen LogP contribution in [-0.4, -0.2) is 19.5 Å². The lowest BCUT2D eigenvalue weighted by Crippen LogP contribution is -2.10. The second kappa shape index (κ2) is 3.70. The molecule has 0 bridgehead atoms. The summed E-state index contributed by atoms with van der Waals surface area (Å²) in [5, 5.41) is 10.0. The molecule has 1 heterocycles. The average Bonchev–Trinajstić information content (AvgIpc) is 2.51. The lowest BCUT2D eigenvalue weighted by molar-refractivity contribution is -0.139. The molecule has 1 aliphatic heterocycles. The van der Waals surface area contributed by atoms with Gasteiger partial charge in [-0.25, -0.2) is 8.42 Å². The number of carboxylic acids is 1. The quantitative estimate of drug-likeness (QED) is 0.871. The Kier molecular flexibility index (Phi) is 2.58. The normalized spacial score (nSPS) is 18.4. The first-order chi connectivity index (χ1) is 7.84. The second-order valence-electron chi connectivity index (χ2n) is 4.13. The van der Waals surface area contributed by atoms with Crippen LogP contribution in [0.25, 0.3) is 5.57 Å². The smallest absolute Gasteiger partial charge is 0.310 e. The van der Waals surface area contributed by atoms with Crippen molar-refractivity contribution in [1.29, 1.82) is 0 Å². The van der Waals surface area contributed by atoms with E-state index >= 15 is 0 Å². The molecule has 0 amide bonds. The first kappa shape index (κ1) is 11.9. The van der Waals surface area contributed by atoms with Gasteiger partial charge in [0.1, 0.15) is 0 Å². The molecule has 0 aliphatic carbocycles. The van der Waals surface area contributed by atoms with Gasteiger partial charge in [-0.15, -0.1) is 0 Å². The van der Waals surface area contributed by atoms with Crippen LogP contribution in [0.4, 0.5) is 0 Å². The Morgan fingerprint density at radius 1 is 1.35 bits per heavy atom. The summed E-state index contributed by atoms with van der Waals surface area (Å²) in [5.74, 6) is -1.85. The summed E-state index contributed by atoms with van der Waals surface area (Å²) in [5.41, 5.74) is 1.52. The number of carboxylic acid groups (broad SMARTS) is 1. The van der Waals surface area contributed by atoms with E-state index < -0.39 is 21.7 Å². The molecule has 2 rings (SSSR count). The van der Waals surface area contributed by atoms with Crippen LogP contribution in [0, 0.1) is 12.8 Å². The van der Waals surface area contributed by atoms with Crippen molar-refractivity contribution in [3.63, 3.8) is 0 Å². The van der Waals surface area contributed by atoms with Crippen LogP contribution in [0.5, 0.6) is 0 Å². The van der Waals surface area contributed by atoms with Gasteiger partial charge in [-0.2, -0.15) is 0 Å². The molecule has 4 nitrogen and oxygen atoms in total. The molecule has 17 heavy (non-hydrogen) atoms. The Hall–Kier alpha value is -1.62. The summed E-state index contributed by atoms with van der Waals surface area (Å²) in [4.78, 5) is 11.2. The highest BCUT2D eigenvalue weighted by Crippen LogP contribution is 2.39. The molecule has 1 N–H and O–H groups in total. The van der Waals surface area contributed by atoms with E-state index in [9.17, 15) is 13.2 Å².